The highest BCUT2D eigenvalue weighted by atomic mass is 35.5. The van der Waals surface area contributed by atoms with Crippen LogP contribution < -0.4 is 5.36 Å². The summed E-state index contributed by atoms with van der Waals surface area (Å²) in [5.41, 5.74) is 0. The predicted molar refractivity (Wildman–Crippen MR) is 101 cm³/mol. The van der Waals surface area contributed by atoms with Crippen LogP contribution in [0.15, 0.2) is 59.8 Å². The van der Waals surface area contributed by atoms with Gasteiger partial charge in [0.25, 0.3) is 0 Å². The van der Waals surface area contributed by atoms with Gasteiger partial charge in [0.05, 0.1) is 21.1 Å². The normalized spacial score (nSPS) is 12.8. The minimum atomic E-state index is 0.568. The van der Waals surface area contributed by atoms with Gasteiger partial charge in [0.15, 0.2) is 6.61 Å². The van der Waals surface area contributed by atoms with E-state index in [4.69, 9.17) is 16.4 Å². The number of likely N-dealkylation sites (N-methyl/N-ethyl adjacent to an activating group) is 1. The second kappa shape index (κ2) is 6.80. The molecule has 0 aliphatic rings. The zero-order valence-electron chi connectivity index (χ0n) is 14.3. The minimum Gasteiger partial charge on any atom is -0.389 e. The van der Waals surface area contributed by atoms with E-state index in [1.165, 1.54) is 0 Å². The van der Waals surface area contributed by atoms with E-state index in [0.29, 0.717) is 11.6 Å². The molecule has 4 heteroatoms. The Morgan fingerprint density at radius 2 is 1.58 bits per heavy atom. The summed E-state index contributed by atoms with van der Waals surface area (Å²) >= 11 is 6.22. The van der Waals surface area contributed by atoms with Crippen molar-refractivity contribution in [2.24, 2.45) is 5.16 Å². The lowest BCUT2D eigenvalue weighted by atomic mass is 10.1. The molecular weight excluding hydrogens is 320 g/mol. The van der Waals surface area contributed by atoms with Crippen molar-refractivity contribution in [3.05, 3.63) is 65.0 Å². The summed E-state index contributed by atoms with van der Waals surface area (Å²) in [5.74, 6) is 0. The topological polar surface area (TPSA) is 21.6 Å². The maximum atomic E-state index is 6.22. The van der Waals surface area contributed by atoms with Crippen LogP contribution in [0, 0.1) is 0 Å². The highest BCUT2D eigenvalue weighted by molar-refractivity contribution is 6.31. The van der Waals surface area contributed by atoms with Crippen molar-refractivity contribution in [1.82, 2.24) is 0 Å². The van der Waals surface area contributed by atoms with Gasteiger partial charge in [-0.3, -0.25) is 0 Å². The standard InChI is InChI=1S/C20H22ClN2O/c1-23(2,3)12-13-24-22-20-18-7-5-4-6-15(18)8-9-16-10-11-17(21)14-19(16)20/h4-11,14H,12-13H2,1-3H3/q+1/b22-20+. The van der Waals surface area contributed by atoms with Crippen molar-refractivity contribution in [1.29, 1.82) is 0 Å². The zero-order valence-corrected chi connectivity index (χ0v) is 15.0. The number of halogens is 1. The van der Waals surface area contributed by atoms with E-state index < -0.39 is 0 Å². The third-order valence-electron chi connectivity index (χ3n) is 3.94. The summed E-state index contributed by atoms with van der Waals surface area (Å²) in [5, 5.41) is 10.3. The van der Waals surface area contributed by atoms with Crippen molar-refractivity contribution in [3.63, 3.8) is 0 Å². The van der Waals surface area contributed by atoms with Gasteiger partial charge < -0.3 is 9.32 Å². The number of hydrogen-bond donors (Lipinski definition) is 0. The van der Waals surface area contributed by atoms with Crippen LogP contribution in [0.5, 0.6) is 0 Å². The molecule has 124 valence electrons. The number of hydrogen-bond acceptors (Lipinski definition) is 2. The third-order valence-corrected chi connectivity index (χ3v) is 4.17. The highest BCUT2D eigenvalue weighted by Crippen LogP contribution is 2.19. The molecule has 3 nitrogen and oxygen atoms in total. The van der Waals surface area contributed by atoms with E-state index in [9.17, 15) is 0 Å². The Balaban J connectivity index is 2.19. The van der Waals surface area contributed by atoms with Crippen LogP contribution in [0.25, 0.3) is 21.5 Å². The Hall–Kier alpha value is -2.10. The van der Waals surface area contributed by atoms with Gasteiger partial charge in [-0.25, -0.2) is 0 Å². The summed E-state index contributed by atoms with van der Waals surface area (Å²) < 4.78 is 0.839. The Morgan fingerprint density at radius 1 is 0.917 bits per heavy atom. The molecule has 0 amide bonds. The molecule has 0 aliphatic carbocycles. The first-order valence-electron chi connectivity index (χ1n) is 8.02. The van der Waals surface area contributed by atoms with Crippen LogP contribution in [0.2, 0.25) is 5.02 Å². The molecule has 0 saturated heterocycles. The summed E-state index contributed by atoms with van der Waals surface area (Å²) in [6.45, 7) is 1.46. The molecule has 0 saturated carbocycles. The van der Waals surface area contributed by atoms with E-state index >= 15 is 0 Å². The number of rotatable bonds is 4. The van der Waals surface area contributed by atoms with Gasteiger partial charge in [-0.2, -0.15) is 0 Å². The van der Waals surface area contributed by atoms with Gasteiger partial charge >= 0.3 is 0 Å². The molecule has 3 rings (SSSR count). The minimum absolute atomic E-state index is 0.568. The molecule has 3 aromatic carbocycles. The molecule has 0 heterocycles. The third kappa shape index (κ3) is 3.86. The van der Waals surface area contributed by atoms with Gasteiger partial charge in [0, 0.05) is 15.8 Å². The molecule has 3 aromatic rings. The molecule has 0 N–H and O–H groups in total. The first-order valence-corrected chi connectivity index (χ1v) is 8.40. The maximum Gasteiger partial charge on any atom is 0.165 e. The van der Waals surface area contributed by atoms with Crippen molar-refractivity contribution in [3.8, 4) is 0 Å². The predicted octanol–water partition coefficient (Wildman–Crippen LogP) is 4.18. The lowest BCUT2D eigenvalue weighted by Crippen LogP contribution is -2.37. The Labute approximate surface area is 147 Å². The summed E-state index contributed by atoms with van der Waals surface area (Å²) in [4.78, 5) is 5.66. The Morgan fingerprint density at radius 3 is 2.33 bits per heavy atom. The van der Waals surface area contributed by atoms with Crippen molar-refractivity contribution < 1.29 is 9.32 Å². The quantitative estimate of drug-likeness (QED) is 0.396. The number of benzene rings is 2. The summed E-state index contributed by atoms with van der Waals surface area (Å²) in [6.07, 6.45) is 0. The molecule has 0 spiro atoms. The second-order valence-electron chi connectivity index (χ2n) is 6.94. The van der Waals surface area contributed by atoms with Crippen LogP contribution in [0.4, 0.5) is 0 Å². The molecule has 0 radical (unpaired) electrons. The second-order valence-corrected chi connectivity index (χ2v) is 7.38. The van der Waals surface area contributed by atoms with E-state index in [1.807, 2.05) is 30.3 Å². The first-order chi connectivity index (χ1) is 11.4. The SMILES string of the molecule is C[N+](C)(C)CCO/N=c1\c2ccccc2ccc2ccc(Cl)cc12. The smallest absolute Gasteiger partial charge is 0.165 e. The van der Waals surface area contributed by atoms with Gasteiger partial charge in [0.2, 0.25) is 0 Å². The van der Waals surface area contributed by atoms with Crippen molar-refractivity contribution in [2.75, 3.05) is 34.3 Å². The number of nitrogens with zero attached hydrogens (tertiary/aromatic N) is 2. The van der Waals surface area contributed by atoms with Crippen molar-refractivity contribution >= 4 is 33.1 Å². The average molecular weight is 342 g/mol. The van der Waals surface area contributed by atoms with Gasteiger partial charge in [0.1, 0.15) is 11.9 Å². The van der Waals surface area contributed by atoms with Gasteiger partial charge in [-0.1, -0.05) is 59.2 Å². The summed E-state index contributed by atoms with van der Waals surface area (Å²) in [6, 6.07) is 18.3. The molecule has 0 aromatic heterocycles. The first kappa shape index (κ1) is 16.7. The van der Waals surface area contributed by atoms with Gasteiger partial charge in [-0.05, 0) is 22.9 Å². The maximum absolute atomic E-state index is 6.22. The fourth-order valence-corrected chi connectivity index (χ4v) is 2.76. The molecule has 0 fully saturated rings. The lowest BCUT2D eigenvalue weighted by Gasteiger charge is -2.22. The Kier molecular flexibility index (Phi) is 4.74. The number of fused-ring (bicyclic) bond motifs is 2. The molecule has 0 unspecified atom stereocenters. The summed E-state index contributed by atoms with van der Waals surface area (Å²) in [7, 11) is 6.41. The molecule has 24 heavy (non-hydrogen) atoms. The van der Waals surface area contributed by atoms with Crippen LogP contribution in [-0.2, 0) is 4.84 Å². The van der Waals surface area contributed by atoms with Crippen LogP contribution in [0.1, 0.15) is 0 Å². The highest BCUT2D eigenvalue weighted by Gasteiger charge is 2.06. The van der Waals surface area contributed by atoms with E-state index in [1.54, 1.807) is 0 Å². The fourth-order valence-electron chi connectivity index (χ4n) is 2.58. The van der Waals surface area contributed by atoms with Crippen LogP contribution >= 0.6 is 11.6 Å². The fraction of sp³-hybridized carbons (Fsp3) is 0.250. The molecular formula is C20H22ClN2O+. The molecule has 0 bridgehead atoms. The molecule has 0 aliphatic heterocycles. The lowest BCUT2D eigenvalue weighted by molar-refractivity contribution is -0.870. The zero-order chi connectivity index (χ0) is 17.2. The number of quaternary nitrogens is 1. The van der Waals surface area contributed by atoms with Crippen LogP contribution in [-0.4, -0.2) is 38.8 Å². The monoisotopic (exact) mass is 341 g/mol. The van der Waals surface area contributed by atoms with Crippen LogP contribution in [0.3, 0.4) is 0 Å². The largest absolute Gasteiger partial charge is 0.389 e. The van der Waals surface area contributed by atoms with E-state index in [2.05, 4.69) is 50.6 Å². The van der Waals surface area contributed by atoms with Crippen molar-refractivity contribution in [2.45, 2.75) is 0 Å². The average Bonchev–Trinajstić information content (AvgIpc) is 2.68. The van der Waals surface area contributed by atoms with E-state index in [0.717, 1.165) is 37.9 Å². The van der Waals surface area contributed by atoms with Gasteiger partial charge in [-0.15, -0.1) is 0 Å². The Bertz CT molecular complexity index is 945. The van der Waals surface area contributed by atoms with E-state index in [-0.39, 0.29) is 0 Å². The molecule has 0 atom stereocenters.